The van der Waals surface area contributed by atoms with Gasteiger partial charge in [-0.1, -0.05) is 12.1 Å². The molecule has 0 fully saturated rings. The standard InChI is InChI=1S/C12H9N3O5/c1-6-9(11(16)17)10(14-12(18)13-6)7-3-2-4-8(5-7)15(19)20/h2-5H,1H3,(H,16,17)(H,13,14,18). The lowest BCUT2D eigenvalue weighted by Crippen LogP contribution is -2.18. The van der Waals surface area contributed by atoms with E-state index in [2.05, 4.69) is 9.97 Å². The molecule has 8 heteroatoms. The summed E-state index contributed by atoms with van der Waals surface area (Å²) in [5.41, 5.74) is -0.870. The average molecular weight is 275 g/mol. The Labute approximate surface area is 111 Å². The van der Waals surface area contributed by atoms with E-state index in [1.54, 1.807) is 0 Å². The lowest BCUT2D eigenvalue weighted by atomic mass is 10.0. The van der Waals surface area contributed by atoms with Crippen LogP contribution in [0.4, 0.5) is 5.69 Å². The molecule has 20 heavy (non-hydrogen) atoms. The average Bonchev–Trinajstić information content (AvgIpc) is 2.37. The molecule has 0 spiro atoms. The summed E-state index contributed by atoms with van der Waals surface area (Å²) in [7, 11) is 0. The van der Waals surface area contributed by atoms with Crippen molar-refractivity contribution >= 4 is 11.7 Å². The van der Waals surface area contributed by atoms with Gasteiger partial charge in [-0.15, -0.1) is 0 Å². The van der Waals surface area contributed by atoms with Crippen LogP contribution in [0.25, 0.3) is 11.3 Å². The van der Waals surface area contributed by atoms with E-state index in [0.29, 0.717) is 0 Å². The van der Waals surface area contributed by atoms with Crippen molar-refractivity contribution in [2.24, 2.45) is 0 Å². The first-order chi connectivity index (χ1) is 9.40. The van der Waals surface area contributed by atoms with Crippen molar-refractivity contribution in [3.05, 3.63) is 56.1 Å². The number of carboxylic acid groups (broad SMARTS) is 1. The van der Waals surface area contributed by atoms with E-state index in [1.165, 1.54) is 31.2 Å². The maximum atomic E-state index is 11.4. The quantitative estimate of drug-likeness (QED) is 0.643. The van der Waals surface area contributed by atoms with E-state index < -0.39 is 16.6 Å². The van der Waals surface area contributed by atoms with Gasteiger partial charge in [-0.25, -0.2) is 9.59 Å². The number of aromatic carboxylic acids is 1. The number of carbonyl (C=O) groups is 1. The lowest BCUT2D eigenvalue weighted by molar-refractivity contribution is -0.384. The van der Waals surface area contributed by atoms with Crippen molar-refractivity contribution in [1.29, 1.82) is 0 Å². The molecular formula is C12H9N3O5. The number of aromatic amines is 1. The number of benzene rings is 1. The van der Waals surface area contributed by atoms with Crippen LogP contribution in [0.5, 0.6) is 0 Å². The molecule has 2 N–H and O–H groups in total. The molecule has 102 valence electrons. The molecule has 0 atom stereocenters. The van der Waals surface area contributed by atoms with Crippen molar-refractivity contribution in [3.8, 4) is 11.3 Å². The van der Waals surface area contributed by atoms with Crippen molar-refractivity contribution in [3.63, 3.8) is 0 Å². The molecular weight excluding hydrogens is 266 g/mol. The maximum absolute atomic E-state index is 11.4. The summed E-state index contributed by atoms with van der Waals surface area (Å²) in [6.07, 6.45) is 0. The van der Waals surface area contributed by atoms with E-state index in [9.17, 15) is 24.8 Å². The van der Waals surface area contributed by atoms with Crippen LogP contribution < -0.4 is 5.69 Å². The predicted molar refractivity (Wildman–Crippen MR) is 68.6 cm³/mol. The number of aromatic nitrogens is 2. The molecule has 0 aliphatic rings. The van der Waals surface area contributed by atoms with Crippen molar-refractivity contribution in [1.82, 2.24) is 9.97 Å². The highest BCUT2D eigenvalue weighted by atomic mass is 16.6. The number of hydrogen-bond donors (Lipinski definition) is 2. The van der Waals surface area contributed by atoms with Crippen LogP contribution in [0, 0.1) is 17.0 Å². The van der Waals surface area contributed by atoms with E-state index >= 15 is 0 Å². The van der Waals surface area contributed by atoms with Crippen LogP contribution in [0.15, 0.2) is 29.1 Å². The third-order valence-electron chi connectivity index (χ3n) is 2.66. The highest BCUT2D eigenvalue weighted by Crippen LogP contribution is 2.25. The van der Waals surface area contributed by atoms with Gasteiger partial charge in [-0.3, -0.25) is 10.1 Å². The zero-order valence-corrected chi connectivity index (χ0v) is 10.3. The molecule has 1 aromatic heterocycles. The number of non-ortho nitro benzene ring substituents is 1. The molecule has 2 aromatic rings. The Morgan fingerprint density at radius 1 is 1.45 bits per heavy atom. The van der Waals surface area contributed by atoms with Crippen LogP contribution in [0.3, 0.4) is 0 Å². The molecule has 0 amide bonds. The Morgan fingerprint density at radius 3 is 2.75 bits per heavy atom. The summed E-state index contributed by atoms with van der Waals surface area (Å²) in [6.45, 7) is 1.42. The van der Waals surface area contributed by atoms with Crippen LogP contribution in [0.1, 0.15) is 16.1 Å². The Morgan fingerprint density at radius 2 is 2.15 bits per heavy atom. The largest absolute Gasteiger partial charge is 0.478 e. The topological polar surface area (TPSA) is 126 Å². The first-order valence-corrected chi connectivity index (χ1v) is 5.49. The van der Waals surface area contributed by atoms with E-state index in [0.717, 1.165) is 0 Å². The Hall–Kier alpha value is -3.03. The second-order valence-electron chi connectivity index (χ2n) is 4.00. The van der Waals surface area contributed by atoms with Gasteiger partial charge in [0.05, 0.1) is 10.6 Å². The summed E-state index contributed by atoms with van der Waals surface area (Å²) in [4.78, 5) is 38.7. The molecule has 0 unspecified atom stereocenters. The molecule has 0 aliphatic carbocycles. The third-order valence-corrected chi connectivity index (χ3v) is 2.66. The number of rotatable bonds is 3. The molecule has 0 bridgehead atoms. The van der Waals surface area contributed by atoms with Gasteiger partial charge in [-0.05, 0) is 6.92 Å². The van der Waals surface area contributed by atoms with Gasteiger partial charge >= 0.3 is 11.7 Å². The zero-order valence-electron chi connectivity index (χ0n) is 10.3. The number of aryl methyl sites for hydroxylation is 1. The second-order valence-corrected chi connectivity index (χ2v) is 4.00. The number of nitrogens with zero attached hydrogens (tertiary/aromatic N) is 2. The first kappa shape index (κ1) is 13.4. The minimum absolute atomic E-state index is 0.0950. The van der Waals surface area contributed by atoms with E-state index in [-0.39, 0.29) is 28.2 Å². The predicted octanol–water partition coefficient (Wildman–Crippen LogP) is 1.35. The smallest absolute Gasteiger partial charge is 0.345 e. The zero-order chi connectivity index (χ0) is 14.9. The normalized spacial score (nSPS) is 10.2. The fourth-order valence-corrected chi connectivity index (χ4v) is 1.82. The van der Waals surface area contributed by atoms with Crippen LogP contribution in [-0.2, 0) is 0 Å². The Kier molecular flexibility index (Phi) is 3.30. The fourth-order valence-electron chi connectivity index (χ4n) is 1.82. The molecule has 8 nitrogen and oxygen atoms in total. The number of nitrogens with one attached hydrogen (secondary N) is 1. The molecule has 1 heterocycles. The van der Waals surface area contributed by atoms with Gasteiger partial charge in [0.15, 0.2) is 0 Å². The van der Waals surface area contributed by atoms with Crippen LogP contribution in [0.2, 0.25) is 0 Å². The number of hydrogen-bond acceptors (Lipinski definition) is 5. The molecule has 1 aromatic carbocycles. The van der Waals surface area contributed by atoms with E-state index in [1.807, 2.05) is 0 Å². The Bertz CT molecular complexity index is 766. The van der Waals surface area contributed by atoms with Gasteiger partial charge < -0.3 is 10.1 Å². The minimum Gasteiger partial charge on any atom is -0.478 e. The Balaban J connectivity index is 2.75. The molecule has 0 aliphatic heterocycles. The van der Waals surface area contributed by atoms with Gasteiger partial charge in [0.2, 0.25) is 0 Å². The summed E-state index contributed by atoms with van der Waals surface area (Å²) in [5, 5.41) is 19.9. The molecule has 2 rings (SSSR count). The fraction of sp³-hybridized carbons (Fsp3) is 0.0833. The SMILES string of the molecule is Cc1[nH]c(=O)nc(-c2cccc([N+](=O)[O-])c2)c1C(=O)O. The summed E-state index contributed by atoms with van der Waals surface area (Å²) in [5.74, 6) is -1.27. The van der Waals surface area contributed by atoms with Crippen LogP contribution in [-0.4, -0.2) is 26.0 Å². The van der Waals surface area contributed by atoms with Crippen LogP contribution >= 0.6 is 0 Å². The van der Waals surface area contributed by atoms with Crippen molar-refractivity contribution < 1.29 is 14.8 Å². The second kappa shape index (κ2) is 4.92. The first-order valence-electron chi connectivity index (χ1n) is 5.49. The van der Waals surface area contributed by atoms with Crippen molar-refractivity contribution in [2.45, 2.75) is 6.92 Å². The summed E-state index contributed by atoms with van der Waals surface area (Å²) >= 11 is 0. The van der Waals surface area contributed by atoms with Gasteiger partial charge in [-0.2, -0.15) is 4.98 Å². The monoisotopic (exact) mass is 275 g/mol. The number of carboxylic acids is 1. The highest BCUT2D eigenvalue weighted by Gasteiger charge is 2.19. The van der Waals surface area contributed by atoms with E-state index in [4.69, 9.17) is 0 Å². The van der Waals surface area contributed by atoms with Crippen molar-refractivity contribution in [2.75, 3.05) is 0 Å². The molecule has 0 radical (unpaired) electrons. The van der Waals surface area contributed by atoms with Gasteiger partial charge in [0.25, 0.3) is 5.69 Å². The summed E-state index contributed by atoms with van der Waals surface area (Å²) < 4.78 is 0. The highest BCUT2D eigenvalue weighted by molar-refractivity contribution is 5.95. The molecule has 0 saturated heterocycles. The minimum atomic E-state index is -1.27. The maximum Gasteiger partial charge on any atom is 0.345 e. The van der Waals surface area contributed by atoms with Gasteiger partial charge in [0, 0.05) is 23.4 Å². The number of H-pyrrole nitrogens is 1. The third kappa shape index (κ3) is 2.39. The molecule has 0 saturated carbocycles. The number of nitro groups is 1. The van der Waals surface area contributed by atoms with Gasteiger partial charge in [0.1, 0.15) is 5.56 Å². The number of nitro benzene ring substituents is 1. The summed E-state index contributed by atoms with van der Waals surface area (Å²) in [6, 6.07) is 5.30. The lowest BCUT2D eigenvalue weighted by Gasteiger charge is -2.07.